The van der Waals surface area contributed by atoms with Gasteiger partial charge in [0, 0.05) is 18.7 Å². The highest BCUT2D eigenvalue weighted by Gasteiger charge is 2.45. The molecule has 0 bridgehead atoms. The fourth-order valence-electron chi connectivity index (χ4n) is 4.08. The number of hydrogen-bond donors (Lipinski definition) is 1. The smallest absolute Gasteiger partial charge is 0.251 e. The average molecular weight is 387 g/mol. The van der Waals surface area contributed by atoms with Gasteiger partial charge in [-0.3, -0.25) is 9.59 Å². The third kappa shape index (κ3) is 4.17. The van der Waals surface area contributed by atoms with Crippen LogP contribution in [0.15, 0.2) is 48.5 Å². The Bertz CT molecular complexity index is 960. The van der Waals surface area contributed by atoms with Crippen molar-refractivity contribution in [1.29, 1.82) is 5.26 Å². The first-order chi connectivity index (χ1) is 14.0. The Morgan fingerprint density at radius 3 is 2.34 bits per heavy atom. The lowest BCUT2D eigenvalue weighted by Gasteiger charge is -2.33. The number of amides is 2. The number of nitrogens with one attached hydrogen (secondary N) is 1. The van der Waals surface area contributed by atoms with E-state index in [2.05, 4.69) is 11.4 Å². The van der Waals surface area contributed by atoms with Gasteiger partial charge >= 0.3 is 0 Å². The summed E-state index contributed by atoms with van der Waals surface area (Å²) < 4.78 is 0. The SMILES string of the molecule is C[C@H](NC(=O)c1ccc(-c2cccc(C#N)c2)cc1)C(=O)N1CCC2(CC1)CC2. The van der Waals surface area contributed by atoms with E-state index >= 15 is 0 Å². The van der Waals surface area contributed by atoms with Crippen LogP contribution in [0.25, 0.3) is 11.1 Å². The molecule has 1 saturated heterocycles. The molecule has 1 spiro atoms. The van der Waals surface area contributed by atoms with E-state index in [1.54, 1.807) is 25.1 Å². The lowest BCUT2D eigenvalue weighted by molar-refractivity contribution is -0.134. The highest BCUT2D eigenvalue weighted by Crippen LogP contribution is 2.53. The normalized spacial score (nSPS) is 18.0. The van der Waals surface area contributed by atoms with Gasteiger partial charge < -0.3 is 10.2 Å². The molecule has 2 amide bonds. The fraction of sp³-hybridized carbons (Fsp3) is 0.375. The average Bonchev–Trinajstić information content (AvgIpc) is 3.52. The predicted octanol–water partition coefficient (Wildman–Crippen LogP) is 3.75. The van der Waals surface area contributed by atoms with Gasteiger partial charge in [-0.1, -0.05) is 24.3 Å². The Morgan fingerprint density at radius 1 is 1.03 bits per heavy atom. The summed E-state index contributed by atoms with van der Waals surface area (Å²) in [6.07, 6.45) is 4.79. The van der Waals surface area contributed by atoms with Crippen LogP contribution in [0.5, 0.6) is 0 Å². The topological polar surface area (TPSA) is 73.2 Å². The van der Waals surface area contributed by atoms with Gasteiger partial charge in [-0.15, -0.1) is 0 Å². The number of nitriles is 1. The Balaban J connectivity index is 1.36. The quantitative estimate of drug-likeness (QED) is 0.868. The Labute approximate surface area is 171 Å². The van der Waals surface area contributed by atoms with Crippen LogP contribution in [0.1, 0.15) is 48.5 Å². The minimum absolute atomic E-state index is 0.00112. The summed E-state index contributed by atoms with van der Waals surface area (Å²) in [5.74, 6) is -0.252. The van der Waals surface area contributed by atoms with Gasteiger partial charge in [0.25, 0.3) is 5.91 Å². The number of nitrogens with zero attached hydrogens (tertiary/aromatic N) is 2. The van der Waals surface area contributed by atoms with Crippen LogP contribution in [-0.2, 0) is 4.79 Å². The number of likely N-dealkylation sites (tertiary alicyclic amines) is 1. The van der Waals surface area contributed by atoms with Crippen molar-refractivity contribution in [3.05, 3.63) is 59.7 Å². The molecule has 2 fully saturated rings. The largest absolute Gasteiger partial charge is 0.341 e. The monoisotopic (exact) mass is 387 g/mol. The van der Waals surface area contributed by atoms with E-state index < -0.39 is 6.04 Å². The Morgan fingerprint density at radius 2 is 1.72 bits per heavy atom. The minimum Gasteiger partial charge on any atom is -0.341 e. The van der Waals surface area contributed by atoms with E-state index in [0.717, 1.165) is 37.1 Å². The zero-order valence-corrected chi connectivity index (χ0v) is 16.6. The van der Waals surface area contributed by atoms with Crippen LogP contribution in [0, 0.1) is 16.7 Å². The van der Waals surface area contributed by atoms with E-state index in [1.165, 1.54) is 12.8 Å². The maximum absolute atomic E-state index is 12.7. The van der Waals surface area contributed by atoms with Crippen LogP contribution in [0.3, 0.4) is 0 Å². The first-order valence-electron chi connectivity index (χ1n) is 10.2. The van der Waals surface area contributed by atoms with E-state index in [9.17, 15) is 9.59 Å². The first-order valence-corrected chi connectivity index (χ1v) is 10.2. The van der Waals surface area contributed by atoms with Gasteiger partial charge in [0.2, 0.25) is 5.91 Å². The number of hydrogen-bond acceptors (Lipinski definition) is 3. The zero-order chi connectivity index (χ0) is 20.4. The molecule has 5 nitrogen and oxygen atoms in total. The van der Waals surface area contributed by atoms with Crippen LogP contribution in [0.2, 0.25) is 0 Å². The van der Waals surface area contributed by atoms with Crippen molar-refractivity contribution >= 4 is 11.8 Å². The molecule has 148 valence electrons. The fourth-order valence-corrected chi connectivity index (χ4v) is 4.08. The molecule has 0 aromatic heterocycles. The molecule has 29 heavy (non-hydrogen) atoms. The molecule has 1 aliphatic heterocycles. The molecule has 1 N–H and O–H groups in total. The van der Waals surface area contributed by atoms with E-state index in [4.69, 9.17) is 5.26 Å². The molecule has 2 aromatic rings. The third-order valence-corrected chi connectivity index (χ3v) is 6.28. The van der Waals surface area contributed by atoms with Crippen molar-refractivity contribution in [1.82, 2.24) is 10.2 Å². The maximum Gasteiger partial charge on any atom is 0.251 e. The molecule has 4 rings (SSSR count). The van der Waals surface area contributed by atoms with Crippen molar-refractivity contribution in [2.75, 3.05) is 13.1 Å². The summed E-state index contributed by atoms with van der Waals surface area (Å²) in [5.41, 5.74) is 3.50. The van der Waals surface area contributed by atoms with Crippen LogP contribution < -0.4 is 5.32 Å². The predicted molar refractivity (Wildman–Crippen MR) is 111 cm³/mol. The molecular weight excluding hydrogens is 362 g/mol. The second-order valence-corrected chi connectivity index (χ2v) is 8.29. The van der Waals surface area contributed by atoms with Gasteiger partial charge in [-0.25, -0.2) is 0 Å². The molecule has 2 aromatic carbocycles. The van der Waals surface area contributed by atoms with E-state index in [-0.39, 0.29) is 11.8 Å². The molecule has 1 atom stereocenters. The number of carbonyl (C=O) groups is 2. The summed E-state index contributed by atoms with van der Waals surface area (Å²) in [6.45, 7) is 3.36. The van der Waals surface area contributed by atoms with Gasteiger partial charge in [0.05, 0.1) is 11.6 Å². The lowest BCUT2D eigenvalue weighted by atomic mass is 9.93. The standard InChI is InChI=1S/C24H25N3O2/c1-17(23(29)27-13-11-24(9-10-24)12-14-27)26-22(28)20-7-5-19(6-8-20)21-4-2-3-18(15-21)16-25/h2-8,15,17H,9-14H2,1H3,(H,26,28)/t17-/m0/s1. The van der Waals surface area contributed by atoms with Crippen molar-refractivity contribution < 1.29 is 9.59 Å². The van der Waals surface area contributed by atoms with Crippen molar-refractivity contribution in [3.63, 3.8) is 0 Å². The van der Waals surface area contributed by atoms with Crippen LogP contribution in [0.4, 0.5) is 0 Å². The molecule has 1 aliphatic carbocycles. The first kappa shape index (κ1) is 19.2. The molecule has 1 heterocycles. The second-order valence-electron chi connectivity index (χ2n) is 8.29. The van der Waals surface area contributed by atoms with Gasteiger partial charge in [0.1, 0.15) is 6.04 Å². The highest BCUT2D eigenvalue weighted by molar-refractivity contribution is 5.97. The molecule has 5 heteroatoms. The summed E-state index contributed by atoms with van der Waals surface area (Å²) in [5, 5.41) is 11.9. The summed E-state index contributed by atoms with van der Waals surface area (Å²) >= 11 is 0. The highest BCUT2D eigenvalue weighted by atomic mass is 16.2. The summed E-state index contributed by atoms with van der Waals surface area (Å²) in [6, 6.07) is 16.2. The number of benzene rings is 2. The van der Waals surface area contributed by atoms with Gasteiger partial charge in [-0.05, 0) is 73.4 Å². The lowest BCUT2D eigenvalue weighted by Crippen LogP contribution is -2.49. The third-order valence-electron chi connectivity index (χ3n) is 6.28. The number of piperidine rings is 1. The van der Waals surface area contributed by atoms with Crippen molar-refractivity contribution in [3.8, 4) is 17.2 Å². The van der Waals surface area contributed by atoms with Crippen LogP contribution >= 0.6 is 0 Å². The molecule has 0 unspecified atom stereocenters. The van der Waals surface area contributed by atoms with Crippen LogP contribution in [-0.4, -0.2) is 35.8 Å². The Hall–Kier alpha value is -3.13. The number of carbonyl (C=O) groups excluding carboxylic acids is 2. The van der Waals surface area contributed by atoms with Gasteiger partial charge in [0.15, 0.2) is 0 Å². The van der Waals surface area contributed by atoms with E-state index in [1.807, 2.05) is 35.2 Å². The zero-order valence-electron chi connectivity index (χ0n) is 16.6. The maximum atomic E-state index is 12.7. The minimum atomic E-state index is -0.539. The molecule has 0 radical (unpaired) electrons. The molecular formula is C24H25N3O2. The van der Waals surface area contributed by atoms with Crippen molar-refractivity contribution in [2.45, 2.75) is 38.6 Å². The van der Waals surface area contributed by atoms with Crippen molar-refractivity contribution in [2.24, 2.45) is 5.41 Å². The molecule has 2 aliphatic rings. The number of rotatable bonds is 4. The summed E-state index contributed by atoms with van der Waals surface area (Å²) in [4.78, 5) is 27.1. The second kappa shape index (κ2) is 7.71. The Kier molecular flexibility index (Phi) is 5.10. The van der Waals surface area contributed by atoms with E-state index in [0.29, 0.717) is 16.5 Å². The molecule has 1 saturated carbocycles. The van der Waals surface area contributed by atoms with Gasteiger partial charge in [-0.2, -0.15) is 5.26 Å². The summed E-state index contributed by atoms with van der Waals surface area (Å²) in [7, 11) is 0.